The summed E-state index contributed by atoms with van der Waals surface area (Å²) in [5, 5.41) is 4.93. The number of nitrogens with one attached hydrogen (secondary N) is 1. The Morgan fingerprint density at radius 1 is 1.22 bits per heavy atom. The van der Waals surface area contributed by atoms with Crippen LogP contribution >= 0.6 is 23.2 Å². The molecule has 1 aliphatic rings. The molecule has 1 N–H and O–H groups in total. The van der Waals surface area contributed by atoms with Gasteiger partial charge in [0, 0.05) is 11.2 Å². The van der Waals surface area contributed by atoms with Gasteiger partial charge in [-0.1, -0.05) is 23.2 Å². The van der Waals surface area contributed by atoms with Crippen LogP contribution in [0.5, 0.6) is 0 Å². The Labute approximate surface area is 145 Å². The summed E-state index contributed by atoms with van der Waals surface area (Å²) in [4.78, 5) is 0.0110. The Kier molecular flexibility index (Phi) is 4.33. The van der Waals surface area contributed by atoms with Gasteiger partial charge in [0.2, 0.25) is 0 Å². The molecule has 0 unspecified atom stereocenters. The molecule has 0 saturated heterocycles. The molecule has 1 aliphatic carbocycles. The number of aromatic nitrogens is 2. The summed E-state index contributed by atoms with van der Waals surface area (Å²) in [5.41, 5.74) is 1.76. The number of anilines is 1. The first-order chi connectivity index (χ1) is 10.8. The average Bonchev–Trinajstić information content (AvgIpc) is 2.71. The molecule has 0 amide bonds. The van der Waals surface area contributed by atoms with E-state index in [0.717, 1.165) is 12.8 Å². The maximum atomic E-state index is 12.6. The molecule has 0 atom stereocenters. The Hall–Kier alpha value is -1.24. The van der Waals surface area contributed by atoms with E-state index in [1.165, 1.54) is 18.6 Å². The second-order valence-corrected chi connectivity index (χ2v) is 8.30. The summed E-state index contributed by atoms with van der Waals surface area (Å²) >= 11 is 12.0. The van der Waals surface area contributed by atoms with E-state index in [1.807, 2.05) is 4.68 Å². The standard InChI is InChI=1S/C15H17Cl2N3O2S/c1-9-6-15(13(17)7-12(9)16)23(21,22)19-14-8-20(18-10(14)2)11-4-3-5-11/h6-8,11,19H,3-5H2,1-2H3. The van der Waals surface area contributed by atoms with Crippen LogP contribution in [-0.4, -0.2) is 18.2 Å². The first-order valence-corrected chi connectivity index (χ1v) is 9.56. The van der Waals surface area contributed by atoms with Gasteiger partial charge in [-0.2, -0.15) is 5.10 Å². The number of halogens is 2. The quantitative estimate of drug-likeness (QED) is 0.866. The summed E-state index contributed by atoms with van der Waals surface area (Å²) in [7, 11) is -3.80. The molecule has 23 heavy (non-hydrogen) atoms. The predicted molar refractivity (Wildman–Crippen MR) is 91.9 cm³/mol. The van der Waals surface area contributed by atoms with Crippen LogP contribution in [0.15, 0.2) is 23.2 Å². The second kappa shape index (κ2) is 6.00. The number of nitrogens with zero attached hydrogens (tertiary/aromatic N) is 2. The highest BCUT2D eigenvalue weighted by molar-refractivity contribution is 7.92. The van der Waals surface area contributed by atoms with Gasteiger partial charge in [-0.05, 0) is 50.8 Å². The van der Waals surface area contributed by atoms with E-state index in [2.05, 4.69) is 9.82 Å². The van der Waals surface area contributed by atoms with E-state index < -0.39 is 10.0 Å². The molecular weight excluding hydrogens is 357 g/mol. The van der Waals surface area contributed by atoms with Crippen molar-refractivity contribution < 1.29 is 8.42 Å². The molecule has 8 heteroatoms. The number of benzene rings is 1. The lowest BCUT2D eigenvalue weighted by Gasteiger charge is -2.25. The van der Waals surface area contributed by atoms with Crippen molar-refractivity contribution in [2.75, 3.05) is 4.72 Å². The number of hydrogen-bond donors (Lipinski definition) is 1. The van der Waals surface area contributed by atoms with E-state index in [0.29, 0.717) is 28.0 Å². The topological polar surface area (TPSA) is 64.0 Å². The Morgan fingerprint density at radius 2 is 1.91 bits per heavy atom. The lowest BCUT2D eigenvalue weighted by Crippen LogP contribution is -2.17. The normalized spacial score (nSPS) is 15.5. The smallest absolute Gasteiger partial charge is 0.263 e. The van der Waals surface area contributed by atoms with E-state index in [9.17, 15) is 8.42 Å². The zero-order chi connectivity index (χ0) is 16.8. The van der Waals surface area contributed by atoms with Gasteiger partial charge in [-0.25, -0.2) is 8.42 Å². The molecule has 2 aromatic rings. The van der Waals surface area contributed by atoms with Gasteiger partial charge in [-0.3, -0.25) is 9.40 Å². The molecule has 0 spiro atoms. The van der Waals surface area contributed by atoms with Crippen LogP contribution < -0.4 is 4.72 Å². The van der Waals surface area contributed by atoms with Gasteiger partial charge in [0.25, 0.3) is 10.0 Å². The molecule has 0 aliphatic heterocycles. The number of sulfonamides is 1. The van der Waals surface area contributed by atoms with Crippen LogP contribution in [0.3, 0.4) is 0 Å². The maximum Gasteiger partial charge on any atom is 0.263 e. The highest BCUT2D eigenvalue weighted by Crippen LogP contribution is 2.33. The van der Waals surface area contributed by atoms with Crippen LogP contribution in [0.4, 0.5) is 5.69 Å². The molecule has 124 valence electrons. The molecule has 3 rings (SSSR count). The van der Waals surface area contributed by atoms with Gasteiger partial charge in [0.15, 0.2) is 0 Å². The van der Waals surface area contributed by atoms with Crippen molar-refractivity contribution >= 4 is 38.9 Å². The fourth-order valence-electron chi connectivity index (χ4n) is 2.46. The van der Waals surface area contributed by atoms with Gasteiger partial charge in [-0.15, -0.1) is 0 Å². The van der Waals surface area contributed by atoms with Gasteiger partial charge >= 0.3 is 0 Å². The highest BCUT2D eigenvalue weighted by atomic mass is 35.5. The summed E-state index contributed by atoms with van der Waals surface area (Å²) in [5.74, 6) is 0. The van der Waals surface area contributed by atoms with Crippen molar-refractivity contribution in [1.82, 2.24) is 9.78 Å². The van der Waals surface area contributed by atoms with Gasteiger partial charge in [0.1, 0.15) is 4.90 Å². The Morgan fingerprint density at radius 3 is 2.52 bits per heavy atom. The fourth-order valence-corrected chi connectivity index (χ4v) is 4.39. The predicted octanol–water partition coefficient (Wildman–Crippen LogP) is 4.33. The molecular formula is C15H17Cl2N3O2S. The first kappa shape index (κ1) is 16.6. The third-order valence-corrected chi connectivity index (χ3v) is 6.35. The Balaban J connectivity index is 1.92. The van der Waals surface area contributed by atoms with Gasteiger partial charge in [0.05, 0.1) is 22.4 Å². The summed E-state index contributed by atoms with van der Waals surface area (Å²) in [6.45, 7) is 3.51. The first-order valence-electron chi connectivity index (χ1n) is 7.32. The molecule has 0 radical (unpaired) electrons. The van der Waals surface area contributed by atoms with Crippen molar-refractivity contribution in [2.24, 2.45) is 0 Å². The van der Waals surface area contributed by atoms with Crippen molar-refractivity contribution in [3.8, 4) is 0 Å². The SMILES string of the molecule is Cc1cc(S(=O)(=O)Nc2cn(C3CCC3)nc2C)c(Cl)cc1Cl. The van der Waals surface area contributed by atoms with Crippen LogP contribution in [0.2, 0.25) is 10.0 Å². The van der Waals surface area contributed by atoms with Crippen molar-refractivity contribution in [3.05, 3.63) is 39.6 Å². The zero-order valence-electron chi connectivity index (χ0n) is 12.8. The minimum atomic E-state index is -3.80. The number of rotatable bonds is 4. The minimum Gasteiger partial charge on any atom is -0.276 e. The lowest BCUT2D eigenvalue weighted by molar-refractivity contribution is 0.288. The molecule has 1 saturated carbocycles. The largest absolute Gasteiger partial charge is 0.276 e. The van der Waals surface area contributed by atoms with Crippen molar-refractivity contribution in [1.29, 1.82) is 0 Å². The highest BCUT2D eigenvalue weighted by Gasteiger charge is 2.24. The second-order valence-electron chi connectivity index (χ2n) is 5.83. The maximum absolute atomic E-state index is 12.6. The lowest BCUT2D eigenvalue weighted by atomic mass is 9.93. The molecule has 0 bridgehead atoms. The third kappa shape index (κ3) is 3.20. The summed E-state index contributed by atoms with van der Waals surface area (Å²) < 4.78 is 29.7. The van der Waals surface area contributed by atoms with E-state index >= 15 is 0 Å². The molecule has 1 aromatic carbocycles. The summed E-state index contributed by atoms with van der Waals surface area (Å²) in [6.07, 6.45) is 5.09. The van der Waals surface area contributed by atoms with Crippen LogP contribution in [-0.2, 0) is 10.0 Å². The number of hydrogen-bond acceptors (Lipinski definition) is 3. The average molecular weight is 374 g/mol. The monoisotopic (exact) mass is 373 g/mol. The van der Waals surface area contributed by atoms with Crippen molar-refractivity contribution in [2.45, 2.75) is 44.0 Å². The van der Waals surface area contributed by atoms with E-state index in [1.54, 1.807) is 20.0 Å². The molecule has 1 heterocycles. The van der Waals surface area contributed by atoms with Crippen LogP contribution in [0, 0.1) is 13.8 Å². The van der Waals surface area contributed by atoms with E-state index in [4.69, 9.17) is 23.2 Å². The minimum absolute atomic E-state index is 0.0110. The number of aryl methyl sites for hydroxylation is 2. The third-order valence-electron chi connectivity index (χ3n) is 4.11. The Bertz CT molecular complexity index is 858. The van der Waals surface area contributed by atoms with Gasteiger partial charge < -0.3 is 0 Å². The van der Waals surface area contributed by atoms with Crippen molar-refractivity contribution in [3.63, 3.8) is 0 Å². The molecule has 5 nitrogen and oxygen atoms in total. The van der Waals surface area contributed by atoms with E-state index in [-0.39, 0.29) is 9.92 Å². The zero-order valence-corrected chi connectivity index (χ0v) is 15.1. The molecule has 1 aromatic heterocycles. The summed E-state index contributed by atoms with van der Waals surface area (Å²) in [6, 6.07) is 3.28. The molecule has 1 fully saturated rings. The van der Waals surface area contributed by atoms with Crippen LogP contribution in [0.1, 0.15) is 36.6 Å². The van der Waals surface area contributed by atoms with Crippen LogP contribution in [0.25, 0.3) is 0 Å². The fraction of sp³-hybridized carbons (Fsp3) is 0.400.